The van der Waals surface area contributed by atoms with Crippen molar-refractivity contribution in [2.24, 2.45) is 0 Å². The van der Waals surface area contributed by atoms with Gasteiger partial charge in [0.05, 0.1) is 0 Å². The fraction of sp³-hybridized carbons (Fsp3) is 0.700. The van der Waals surface area contributed by atoms with Crippen molar-refractivity contribution in [2.75, 3.05) is 6.54 Å². The molecule has 12 heavy (non-hydrogen) atoms. The van der Waals surface area contributed by atoms with Crippen LogP contribution in [-0.4, -0.2) is 12.8 Å². The van der Waals surface area contributed by atoms with Gasteiger partial charge in [-0.15, -0.1) is 0 Å². The van der Waals surface area contributed by atoms with E-state index in [2.05, 4.69) is 18.3 Å². The van der Waals surface area contributed by atoms with Crippen LogP contribution >= 0.6 is 0 Å². The van der Waals surface area contributed by atoms with Crippen molar-refractivity contribution in [3.05, 3.63) is 11.8 Å². The Balaban J connectivity index is 3.05. The average molecular weight is 169 g/mol. The van der Waals surface area contributed by atoms with E-state index in [-0.39, 0.29) is 0 Å². The van der Waals surface area contributed by atoms with Crippen molar-refractivity contribution in [3.8, 4) is 0 Å². The molecule has 0 bridgehead atoms. The van der Waals surface area contributed by atoms with Crippen LogP contribution in [0.2, 0.25) is 0 Å². The van der Waals surface area contributed by atoms with E-state index in [1.54, 1.807) is 0 Å². The van der Waals surface area contributed by atoms with Crippen molar-refractivity contribution >= 4 is 6.29 Å². The third kappa shape index (κ3) is 7.32. The lowest BCUT2D eigenvalue weighted by Gasteiger charge is -2.04. The molecule has 1 N–H and O–H groups in total. The lowest BCUT2D eigenvalue weighted by atomic mass is 10.2. The number of rotatable bonds is 7. The summed E-state index contributed by atoms with van der Waals surface area (Å²) < 4.78 is 0. The number of allylic oxidation sites excluding steroid dienone is 2. The van der Waals surface area contributed by atoms with Gasteiger partial charge in [0.25, 0.3) is 0 Å². The maximum atomic E-state index is 9.97. The van der Waals surface area contributed by atoms with Gasteiger partial charge in [0.1, 0.15) is 6.29 Å². The van der Waals surface area contributed by atoms with Gasteiger partial charge < -0.3 is 10.1 Å². The highest BCUT2D eigenvalue weighted by molar-refractivity contribution is 5.48. The second-order valence-electron chi connectivity index (χ2n) is 2.91. The Hall–Kier alpha value is -0.790. The van der Waals surface area contributed by atoms with Crippen LogP contribution in [0.5, 0.6) is 0 Å². The van der Waals surface area contributed by atoms with Gasteiger partial charge in [0, 0.05) is 18.7 Å². The molecule has 0 aliphatic carbocycles. The molecule has 2 nitrogen and oxygen atoms in total. The summed E-state index contributed by atoms with van der Waals surface area (Å²) in [7, 11) is 0. The predicted molar refractivity (Wildman–Crippen MR) is 52.0 cm³/mol. The second-order valence-corrected chi connectivity index (χ2v) is 2.91. The maximum Gasteiger partial charge on any atom is 0.119 e. The largest absolute Gasteiger partial charge is 0.389 e. The summed E-state index contributed by atoms with van der Waals surface area (Å²) in [6.07, 6.45) is 7.08. The molecule has 0 rings (SSSR count). The number of hydrogen-bond donors (Lipinski definition) is 1. The van der Waals surface area contributed by atoms with E-state index in [1.165, 1.54) is 5.70 Å². The predicted octanol–water partition coefficient (Wildman–Crippen LogP) is 2.26. The molecule has 0 atom stereocenters. The van der Waals surface area contributed by atoms with Crippen molar-refractivity contribution < 1.29 is 4.79 Å². The minimum Gasteiger partial charge on any atom is -0.389 e. The van der Waals surface area contributed by atoms with Crippen molar-refractivity contribution in [1.82, 2.24) is 5.32 Å². The van der Waals surface area contributed by atoms with Gasteiger partial charge in [-0.25, -0.2) is 0 Å². The van der Waals surface area contributed by atoms with E-state index in [0.29, 0.717) is 6.42 Å². The van der Waals surface area contributed by atoms with Crippen molar-refractivity contribution in [1.29, 1.82) is 0 Å². The topological polar surface area (TPSA) is 29.1 Å². The maximum absolute atomic E-state index is 9.97. The van der Waals surface area contributed by atoms with Gasteiger partial charge in [-0.2, -0.15) is 0 Å². The van der Waals surface area contributed by atoms with E-state index in [1.807, 2.05) is 6.92 Å². The third-order valence-electron chi connectivity index (χ3n) is 1.84. The van der Waals surface area contributed by atoms with E-state index < -0.39 is 0 Å². The molecule has 0 unspecified atom stereocenters. The molecule has 0 aromatic carbocycles. The first-order valence-electron chi connectivity index (χ1n) is 4.61. The second kappa shape index (κ2) is 8.31. The number of nitrogens with one attached hydrogen (secondary N) is 1. The molecular formula is C10H19NO. The number of unbranched alkanes of at least 4 members (excludes halogenated alkanes) is 3. The van der Waals surface area contributed by atoms with Crippen LogP contribution in [0.1, 0.15) is 39.5 Å². The van der Waals surface area contributed by atoms with Crippen LogP contribution in [0.3, 0.4) is 0 Å². The Morgan fingerprint density at radius 2 is 2.08 bits per heavy atom. The van der Waals surface area contributed by atoms with Gasteiger partial charge >= 0.3 is 0 Å². The Bertz CT molecular complexity index is 141. The Kier molecular flexibility index (Phi) is 7.76. The fourth-order valence-corrected chi connectivity index (χ4v) is 0.917. The number of carbonyl (C=O) groups is 1. The minimum absolute atomic E-state index is 0.711. The summed E-state index contributed by atoms with van der Waals surface area (Å²) in [5.41, 5.74) is 1.23. The summed E-state index contributed by atoms with van der Waals surface area (Å²) in [5, 5.41) is 3.28. The fourth-order valence-electron chi connectivity index (χ4n) is 0.917. The lowest BCUT2D eigenvalue weighted by Crippen LogP contribution is -2.12. The van der Waals surface area contributed by atoms with Crippen LogP contribution in [0.15, 0.2) is 11.8 Å². The molecule has 0 amide bonds. The van der Waals surface area contributed by atoms with Crippen LogP contribution in [0, 0.1) is 0 Å². The van der Waals surface area contributed by atoms with E-state index in [0.717, 1.165) is 32.1 Å². The van der Waals surface area contributed by atoms with Crippen LogP contribution in [0.4, 0.5) is 0 Å². The third-order valence-corrected chi connectivity index (χ3v) is 1.84. The van der Waals surface area contributed by atoms with Crippen molar-refractivity contribution in [2.45, 2.75) is 39.5 Å². The summed E-state index contributed by atoms with van der Waals surface area (Å²) >= 11 is 0. The molecule has 0 aliphatic heterocycles. The zero-order valence-corrected chi connectivity index (χ0v) is 8.10. The monoisotopic (exact) mass is 169 g/mol. The first-order valence-corrected chi connectivity index (χ1v) is 4.61. The number of aldehydes is 1. The van der Waals surface area contributed by atoms with E-state index in [9.17, 15) is 4.79 Å². The van der Waals surface area contributed by atoms with Gasteiger partial charge in [-0.05, 0) is 26.7 Å². The van der Waals surface area contributed by atoms with Gasteiger partial charge in [0.2, 0.25) is 0 Å². The van der Waals surface area contributed by atoms with Crippen LogP contribution < -0.4 is 5.32 Å². The van der Waals surface area contributed by atoms with Gasteiger partial charge in [-0.3, -0.25) is 0 Å². The molecule has 0 spiro atoms. The summed E-state index contributed by atoms with van der Waals surface area (Å²) in [4.78, 5) is 9.97. The zero-order chi connectivity index (χ0) is 9.23. The quantitative estimate of drug-likeness (QED) is 0.468. The molecule has 0 aromatic heterocycles. The molecule has 0 fully saturated rings. The lowest BCUT2D eigenvalue weighted by molar-refractivity contribution is -0.107. The van der Waals surface area contributed by atoms with Gasteiger partial charge in [-0.1, -0.05) is 12.5 Å². The van der Waals surface area contributed by atoms with E-state index in [4.69, 9.17) is 0 Å². The summed E-state index contributed by atoms with van der Waals surface area (Å²) in [6, 6.07) is 0. The average Bonchev–Trinajstić information content (AvgIpc) is 2.10. The normalized spacial score (nSPS) is 11.3. The molecule has 2 heteroatoms. The molecule has 0 saturated carbocycles. The highest BCUT2D eigenvalue weighted by Crippen LogP contribution is 1.97. The Morgan fingerprint density at radius 3 is 2.67 bits per heavy atom. The first kappa shape index (κ1) is 11.2. The summed E-state index contributed by atoms with van der Waals surface area (Å²) in [5.74, 6) is 0. The zero-order valence-electron chi connectivity index (χ0n) is 8.10. The smallest absolute Gasteiger partial charge is 0.119 e. The van der Waals surface area contributed by atoms with Crippen molar-refractivity contribution in [3.63, 3.8) is 0 Å². The Labute approximate surface area is 75.0 Å². The molecule has 0 radical (unpaired) electrons. The SMILES string of the molecule is C/C=C(/C)NCCCCCC=O. The first-order chi connectivity index (χ1) is 5.81. The molecule has 0 aliphatic rings. The molecule has 0 heterocycles. The molecule has 0 saturated heterocycles. The highest BCUT2D eigenvalue weighted by atomic mass is 16.1. The van der Waals surface area contributed by atoms with E-state index >= 15 is 0 Å². The van der Waals surface area contributed by atoms with Crippen LogP contribution in [-0.2, 0) is 4.79 Å². The molecule has 0 aromatic rings. The standard InChI is InChI=1S/C10H19NO/c1-3-10(2)11-8-6-4-5-7-9-12/h3,9,11H,4-8H2,1-2H3/b10-3-. The van der Waals surface area contributed by atoms with Gasteiger partial charge in [0.15, 0.2) is 0 Å². The Morgan fingerprint density at radius 1 is 1.33 bits per heavy atom. The highest BCUT2D eigenvalue weighted by Gasteiger charge is 1.88. The van der Waals surface area contributed by atoms with Crippen LogP contribution in [0.25, 0.3) is 0 Å². The molecule has 70 valence electrons. The minimum atomic E-state index is 0.711. The number of carbonyl (C=O) groups excluding carboxylic acids is 1. The summed E-state index contributed by atoms with van der Waals surface area (Å²) in [6.45, 7) is 5.11. The molecular weight excluding hydrogens is 150 g/mol. The number of hydrogen-bond acceptors (Lipinski definition) is 2.